The predicted molar refractivity (Wildman–Crippen MR) is 113 cm³/mol. The number of H-pyrrole nitrogens is 1. The second-order valence-electron chi connectivity index (χ2n) is 6.63. The van der Waals surface area contributed by atoms with Crippen molar-refractivity contribution in [1.82, 2.24) is 15.4 Å². The lowest BCUT2D eigenvalue weighted by atomic mass is 10.2. The van der Waals surface area contributed by atoms with Gasteiger partial charge in [0.05, 0.1) is 17.2 Å². The molecule has 27 heavy (non-hydrogen) atoms. The van der Waals surface area contributed by atoms with Crippen LogP contribution in [0.2, 0.25) is 0 Å². The lowest BCUT2D eigenvalue weighted by molar-refractivity contribution is 0.0955. The average Bonchev–Trinajstić information content (AvgIpc) is 3.02. The molecule has 1 amide bonds. The van der Waals surface area contributed by atoms with E-state index in [1.54, 1.807) is 30.1 Å². The maximum absolute atomic E-state index is 12.3. The average molecular weight is 382 g/mol. The highest BCUT2D eigenvalue weighted by atomic mass is 32.2. The Morgan fingerprint density at radius 3 is 2.63 bits per heavy atom. The minimum atomic E-state index is -0.259. The van der Waals surface area contributed by atoms with Gasteiger partial charge in [-0.3, -0.25) is 4.79 Å². The summed E-state index contributed by atoms with van der Waals surface area (Å²) in [5, 5.41) is 5.35. The number of hydrogen-bond acceptors (Lipinski definition) is 5. The Kier molecular flexibility index (Phi) is 5.81. The zero-order chi connectivity index (χ0) is 19.4. The standard InChI is InChI=1S/C20H23N5OS/c1-13(2)27-20-22-17-10-7-15(11-18(17)23-20)19(26)24-21-12-14-5-8-16(9-6-14)25(3)4/h5-13H,1-4H3,(H,22,23)(H,24,26)/b21-12-. The third-order valence-corrected chi connectivity index (χ3v) is 4.75. The fourth-order valence-electron chi connectivity index (χ4n) is 2.50. The smallest absolute Gasteiger partial charge is 0.271 e. The van der Waals surface area contributed by atoms with Gasteiger partial charge in [-0.2, -0.15) is 5.10 Å². The summed E-state index contributed by atoms with van der Waals surface area (Å²) in [4.78, 5) is 22.1. The van der Waals surface area contributed by atoms with Crippen molar-refractivity contribution >= 4 is 40.6 Å². The highest BCUT2D eigenvalue weighted by Gasteiger charge is 2.09. The second-order valence-corrected chi connectivity index (χ2v) is 8.19. The summed E-state index contributed by atoms with van der Waals surface area (Å²) in [6, 6.07) is 13.3. The van der Waals surface area contributed by atoms with E-state index in [1.807, 2.05) is 49.3 Å². The molecule has 140 valence electrons. The van der Waals surface area contributed by atoms with Gasteiger partial charge in [-0.05, 0) is 35.9 Å². The van der Waals surface area contributed by atoms with Crippen LogP contribution in [0.4, 0.5) is 5.69 Å². The molecule has 1 heterocycles. The van der Waals surface area contributed by atoms with Crippen molar-refractivity contribution in [1.29, 1.82) is 0 Å². The number of nitrogens with zero attached hydrogens (tertiary/aromatic N) is 3. The Morgan fingerprint density at radius 2 is 1.96 bits per heavy atom. The highest BCUT2D eigenvalue weighted by molar-refractivity contribution is 7.99. The number of carbonyl (C=O) groups excluding carboxylic acids is 1. The maximum atomic E-state index is 12.3. The normalized spacial score (nSPS) is 11.4. The van der Waals surface area contributed by atoms with Crippen molar-refractivity contribution in [2.45, 2.75) is 24.3 Å². The van der Waals surface area contributed by atoms with Crippen LogP contribution in [0, 0.1) is 0 Å². The van der Waals surface area contributed by atoms with Crippen LogP contribution in [0.3, 0.4) is 0 Å². The van der Waals surface area contributed by atoms with E-state index in [1.165, 1.54) is 0 Å². The minimum absolute atomic E-state index is 0.259. The van der Waals surface area contributed by atoms with Gasteiger partial charge in [0.15, 0.2) is 5.16 Å². The topological polar surface area (TPSA) is 73.4 Å². The Bertz CT molecular complexity index is 960. The van der Waals surface area contributed by atoms with Gasteiger partial charge in [0, 0.05) is 30.6 Å². The van der Waals surface area contributed by atoms with E-state index in [0.717, 1.165) is 27.4 Å². The number of aromatic amines is 1. The fourth-order valence-corrected chi connectivity index (χ4v) is 3.26. The van der Waals surface area contributed by atoms with Gasteiger partial charge in [-0.25, -0.2) is 10.4 Å². The van der Waals surface area contributed by atoms with Gasteiger partial charge in [-0.15, -0.1) is 0 Å². The van der Waals surface area contributed by atoms with Crippen LogP contribution in [-0.2, 0) is 0 Å². The van der Waals surface area contributed by atoms with Crippen molar-refractivity contribution in [2.75, 3.05) is 19.0 Å². The summed E-state index contributed by atoms with van der Waals surface area (Å²) in [5.41, 5.74) is 6.82. The first kappa shape index (κ1) is 19.0. The molecule has 6 nitrogen and oxygen atoms in total. The Morgan fingerprint density at radius 1 is 1.22 bits per heavy atom. The van der Waals surface area contributed by atoms with Gasteiger partial charge in [0.25, 0.3) is 5.91 Å². The molecule has 0 saturated heterocycles. The fraction of sp³-hybridized carbons (Fsp3) is 0.250. The summed E-state index contributed by atoms with van der Waals surface area (Å²) in [7, 11) is 3.98. The van der Waals surface area contributed by atoms with Crippen LogP contribution in [0.15, 0.2) is 52.7 Å². The van der Waals surface area contributed by atoms with Gasteiger partial charge in [0.1, 0.15) is 0 Å². The zero-order valence-corrected chi connectivity index (χ0v) is 16.7. The molecule has 3 rings (SSSR count). The third kappa shape index (κ3) is 4.89. The highest BCUT2D eigenvalue weighted by Crippen LogP contribution is 2.23. The number of nitrogens with one attached hydrogen (secondary N) is 2. The number of amides is 1. The number of rotatable bonds is 6. The molecule has 1 aromatic heterocycles. The predicted octanol–water partition coefficient (Wildman–Crippen LogP) is 3.89. The summed E-state index contributed by atoms with van der Waals surface area (Å²) in [6.45, 7) is 4.23. The molecule has 3 aromatic rings. The van der Waals surface area contributed by atoms with Gasteiger partial charge >= 0.3 is 0 Å². The molecular formula is C20H23N5OS. The molecular weight excluding hydrogens is 358 g/mol. The van der Waals surface area contributed by atoms with Crippen LogP contribution in [0.25, 0.3) is 11.0 Å². The van der Waals surface area contributed by atoms with Crippen LogP contribution < -0.4 is 10.3 Å². The number of thioether (sulfide) groups is 1. The molecule has 0 bridgehead atoms. The van der Waals surface area contributed by atoms with E-state index in [2.05, 4.69) is 34.3 Å². The van der Waals surface area contributed by atoms with Crippen LogP contribution in [0.5, 0.6) is 0 Å². The minimum Gasteiger partial charge on any atom is -0.378 e. The van der Waals surface area contributed by atoms with Gasteiger partial charge in [0.2, 0.25) is 0 Å². The number of benzene rings is 2. The largest absolute Gasteiger partial charge is 0.378 e. The van der Waals surface area contributed by atoms with Crippen LogP contribution in [-0.4, -0.2) is 41.4 Å². The first-order chi connectivity index (χ1) is 12.9. The Balaban J connectivity index is 1.66. The number of hydrogen-bond donors (Lipinski definition) is 2. The monoisotopic (exact) mass is 381 g/mol. The first-order valence-electron chi connectivity index (χ1n) is 8.69. The van der Waals surface area contributed by atoms with Crippen molar-refractivity contribution in [3.63, 3.8) is 0 Å². The Labute approximate surface area is 163 Å². The quantitative estimate of drug-likeness (QED) is 0.386. The van der Waals surface area contributed by atoms with E-state index >= 15 is 0 Å². The molecule has 0 spiro atoms. The van der Waals surface area contributed by atoms with Gasteiger partial charge in [-0.1, -0.05) is 37.7 Å². The van der Waals surface area contributed by atoms with E-state index < -0.39 is 0 Å². The van der Waals surface area contributed by atoms with Crippen LogP contribution in [0.1, 0.15) is 29.8 Å². The summed E-state index contributed by atoms with van der Waals surface area (Å²) < 4.78 is 0. The number of imidazole rings is 1. The number of carbonyl (C=O) groups is 1. The second kappa shape index (κ2) is 8.26. The molecule has 0 aliphatic heterocycles. The van der Waals surface area contributed by atoms with E-state index in [-0.39, 0.29) is 5.91 Å². The molecule has 0 saturated carbocycles. The lowest BCUT2D eigenvalue weighted by Gasteiger charge is -2.11. The summed E-state index contributed by atoms with van der Waals surface area (Å²) >= 11 is 1.66. The van der Waals surface area contributed by atoms with Crippen molar-refractivity contribution in [2.24, 2.45) is 5.10 Å². The van der Waals surface area contributed by atoms with Crippen molar-refractivity contribution in [3.8, 4) is 0 Å². The summed E-state index contributed by atoms with van der Waals surface area (Å²) in [6.07, 6.45) is 1.63. The molecule has 0 unspecified atom stereocenters. The molecule has 0 aliphatic carbocycles. The maximum Gasteiger partial charge on any atom is 0.271 e. The number of fused-ring (bicyclic) bond motifs is 1. The van der Waals surface area contributed by atoms with Crippen LogP contribution >= 0.6 is 11.8 Å². The molecule has 0 radical (unpaired) electrons. The third-order valence-electron chi connectivity index (χ3n) is 3.86. The number of anilines is 1. The molecule has 7 heteroatoms. The van der Waals surface area contributed by atoms with Gasteiger partial charge < -0.3 is 9.88 Å². The summed E-state index contributed by atoms with van der Waals surface area (Å²) in [5.74, 6) is -0.259. The van der Waals surface area contributed by atoms with E-state index in [4.69, 9.17) is 0 Å². The molecule has 0 aliphatic rings. The number of hydrazone groups is 1. The number of aromatic nitrogens is 2. The van der Waals surface area contributed by atoms with Crippen molar-refractivity contribution in [3.05, 3.63) is 53.6 Å². The molecule has 2 aromatic carbocycles. The molecule has 0 atom stereocenters. The van der Waals surface area contributed by atoms with E-state index in [9.17, 15) is 4.79 Å². The molecule has 2 N–H and O–H groups in total. The Hall–Kier alpha value is -2.80. The first-order valence-corrected chi connectivity index (χ1v) is 9.57. The SMILES string of the molecule is CC(C)Sc1nc2ccc(C(=O)N/N=C\c3ccc(N(C)C)cc3)cc2[nH]1. The zero-order valence-electron chi connectivity index (χ0n) is 15.9. The van der Waals surface area contributed by atoms with E-state index in [0.29, 0.717) is 10.8 Å². The lowest BCUT2D eigenvalue weighted by Crippen LogP contribution is -2.17. The molecule has 0 fully saturated rings. The van der Waals surface area contributed by atoms with Crippen molar-refractivity contribution < 1.29 is 4.79 Å².